The van der Waals surface area contributed by atoms with Crippen LogP contribution in [0.1, 0.15) is 26.8 Å². The first-order chi connectivity index (χ1) is 7.02. The first-order valence-corrected chi connectivity index (χ1v) is 5.15. The predicted octanol–water partition coefficient (Wildman–Crippen LogP) is 0.526. The van der Waals surface area contributed by atoms with E-state index >= 15 is 0 Å². The van der Waals surface area contributed by atoms with E-state index in [0.29, 0.717) is 6.04 Å². The van der Waals surface area contributed by atoms with Crippen molar-refractivity contribution in [1.29, 1.82) is 0 Å². The molecule has 2 N–H and O–H groups in total. The Labute approximate surface area is 88.8 Å². The van der Waals surface area contributed by atoms with E-state index in [4.69, 9.17) is 5.73 Å². The lowest BCUT2D eigenvalue weighted by Gasteiger charge is -2.42. The molecule has 2 rings (SSSR count). The second kappa shape index (κ2) is 3.34. The lowest BCUT2D eigenvalue weighted by atomic mass is 9.97. The average molecular weight is 208 g/mol. The number of aromatic nitrogens is 2. The Hall–Kier alpha value is -1.36. The Morgan fingerprint density at radius 2 is 2.20 bits per heavy atom. The molecule has 1 aliphatic heterocycles. The molecule has 82 valence electrons. The van der Waals surface area contributed by atoms with Gasteiger partial charge in [-0.3, -0.25) is 9.48 Å². The van der Waals surface area contributed by atoms with Crippen molar-refractivity contribution in [3.63, 3.8) is 0 Å². The lowest BCUT2D eigenvalue weighted by molar-refractivity contribution is -0.125. The second-order valence-corrected chi connectivity index (χ2v) is 4.25. The number of hydrogen-bond donors (Lipinski definition) is 1. The van der Waals surface area contributed by atoms with Gasteiger partial charge in [-0.15, -0.1) is 0 Å². The van der Waals surface area contributed by atoms with Gasteiger partial charge in [-0.05, 0) is 20.8 Å². The normalized spacial score (nSPS) is 25.9. The third kappa shape index (κ3) is 1.43. The molecular formula is C10H16N4O. The Morgan fingerprint density at radius 3 is 2.67 bits per heavy atom. The van der Waals surface area contributed by atoms with Gasteiger partial charge in [0.15, 0.2) is 0 Å². The molecule has 0 aromatic carbocycles. The second-order valence-electron chi connectivity index (χ2n) is 4.25. The van der Waals surface area contributed by atoms with Crippen molar-refractivity contribution in [2.24, 2.45) is 5.73 Å². The van der Waals surface area contributed by atoms with Crippen LogP contribution in [-0.4, -0.2) is 27.8 Å². The summed E-state index contributed by atoms with van der Waals surface area (Å²) < 4.78 is 1.83. The van der Waals surface area contributed by atoms with Gasteiger partial charge in [0.2, 0.25) is 5.91 Å². The Bertz CT molecular complexity index is 385. The highest BCUT2D eigenvalue weighted by Gasteiger charge is 2.43. The van der Waals surface area contributed by atoms with Crippen LogP contribution in [0.3, 0.4) is 0 Å². The molecule has 2 heterocycles. The van der Waals surface area contributed by atoms with Crippen LogP contribution in [0, 0.1) is 0 Å². The van der Waals surface area contributed by atoms with Gasteiger partial charge in [-0.1, -0.05) is 0 Å². The summed E-state index contributed by atoms with van der Waals surface area (Å²) in [6, 6.07) is 0.0221. The van der Waals surface area contributed by atoms with E-state index < -0.39 is 0 Å². The summed E-state index contributed by atoms with van der Waals surface area (Å²) >= 11 is 0. The van der Waals surface area contributed by atoms with Crippen molar-refractivity contribution in [2.45, 2.75) is 38.9 Å². The van der Waals surface area contributed by atoms with Gasteiger partial charge < -0.3 is 10.6 Å². The summed E-state index contributed by atoms with van der Waals surface area (Å²) in [5.74, 6) is -0.0224. The first-order valence-electron chi connectivity index (χ1n) is 5.15. The van der Waals surface area contributed by atoms with E-state index in [1.807, 2.05) is 31.6 Å². The molecule has 1 aromatic heterocycles. The number of carbonyl (C=O) groups excluding carboxylic acids is 1. The minimum absolute atomic E-state index is 0.0224. The molecule has 2 atom stereocenters. The van der Waals surface area contributed by atoms with E-state index in [1.165, 1.54) is 0 Å². The standard InChI is InChI=1S/C10H16N4O/c1-6(2)13-5-8(4-12-13)14-7(3)9(11)10(14)15/h4-7,9H,11H2,1-3H3/t7-,9-/m0/s1. The third-order valence-electron chi connectivity index (χ3n) is 2.84. The van der Waals surface area contributed by atoms with Crippen molar-refractivity contribution in [3.05, 3.63) is 12.4 Å². The minimum Gasteiger partial charge on any atom is -0.318 e. The van der Waals surface area contributed by atoms with Crippen LogP contribution < -0.4 is 10.6 Å². The highest BCUT2D eigenvalue weighted by molar-refractivity contribution is 6.05. The molecule has 1 amide bonds. The summed E-state index contributed by atoms with van der Waals surface area (Å²) in [5.41, 5.74) is 6.48. The molecule has 5 nitrogen and oxygen atoms in total. The summed E-state index contributed by atoms with van der Waals surface area (Å²) in [7, 11) is 0. The molecule has 0 saturated carbocycles. The fourth-order valence-electron chi connectivity index (χ4n) is 1.74. The van der Waals surface area contributed by atoms with E-state index in [9.17, 15) is 4.79 Å². The summed E-state index contributed by atoms with van der Waals surface area (Å²) in [4.78, 5) is 13.2. The molecule has 0 bridgehead atoms. The van der Waals surface area contributed by atoms with Crippen LogP contribution >= 0.6 is 0 Å². The van der Waals surface area contributed by atoms with Crippen molar-refractivity contribution < 1.29 is 4.79 Å². The maximum atomic E-state index is 11.5. The molecular weight excluding hydrogens is 192 g/mol. The molecule has 1 aromatic rings. The van der Waals surface area contributed by atoms with Crippen LogP contribution in [-0.2, 0) is 4.79 Å². The van der Waals surface area contributed by atoms with E-state index in [2.05, 4.69) is 5.10 Å². The van der Waals surface area contributed by atoms with Crippen molar-refractivity contribution in [1.82, 2.24) is 9.78 Å². The Kier molecular flexibility index (Phi) is 2.26. The molecule has 0 aliphatic carbocycles. The zero-order valence-electron chi connectivity index (χ0n) is 9.21. The first kappa shape index (κ1) is 10.2. The molecule has 0 radical (unpaired) electrons. The van der Waals surface area contributed by atoms with Crippen LogP contribution in [0.5, 0.6) is 0 Å². The molecule has 1 fully saturated rings. The molecule has 5 heteroatoms. The maximum Gasteiger partial charge on any atom is 0.246 e. The smallest absolute Gasteiger partial charge is 0.246 e. The minimum atomic E-state index is -0.354. The third-order valence-corrected chi connectivity index (χ3v) is 2.84. The van der Waals surface area contributed by atoms with Crippen molar-refractivity contribution >= 4 is 11.6 Å². The number of carbonyl (C=O) groups is 1. The van der Waals surface area contributed by atoms with Crippen LogP contribution in [0.2, 0.25) is 0 Å². The van der Waals surface area contributed by atoms with Crippen LogP contribution in [0.15, 0.2) is 12.4 Å². The average Bonchev–Trinajstić information content (AvgIpc) is 2.66. The predicted molar refractivity (Wildman–Crippen MR) is 57.5 cm³/mol. The van der Waals surface area contributed by atoms with Crippen LogP contribution in [0.25, 0.3) is 0 Å². The highest BCUT2D eigenvalue weighted by Crippen LogP contribution is 2.26. The molecule has 1 saturated heterocycles. The van der Waals surface area contributed by atoms with E-state index in [0.717, 1.165) is 5.69 Å². The highest BCUT2D eigenvalue weighted by atomic mass is 16.2. The van der Waals surface area contributed by atoms with Crippen molar-refractivity contribution in [2.75, 3.05) is 4.90 Å². The number of hydrogen-bond acceptors (Lipinski definition) is 3. The fraction of sp³-hybridized carbons (Fsp3) is 0.600. The topological polar surface area (TPSA) is 64.2 Å². The van der Waals surface area contributed by atoms with Gasteiger partial charge in [-0.2, -0.15) is 5.10 Å². The maximum absolute atomic E-state index is 11.5. The number of anilines is 1. The number of nitrogens with zero attached hydrogens (tertiary/aromatic N) is 3. The van der Waals surface area contributed by atoms with Gasteiger partial charge in [0, 0.05) is 12.2 Å². The van der Waals surface area contributed by atoms with Gasteiger partial charge in [-0.25, -0.2) is 0 Å². The monoisotopic (exact) mass is 208 g/mol. The van der Waals surface area contributed by atoms with Gasteiger partial charge in [0.1, 0.15) is 6.04 Å². The SMILES string of the molecule is CC(C)n1cc(N2C(=O)[C@@H](N)[C@@H]2C)cn1. The number of amides is 1. The molecule has 0 spiro atoms. The molecule has 0 unspecified atom stereocenters. The summed E-state index contributed by atoms with van der Waals surface area (Å²) in [5, 5.41) is 4.19. The summed E-state index contributed by atoms with van der Waals surface area (Å²) in [6.07, 6.45) is 3.59. The van der Waals surface area contributed by atoms with Crippen LogP contribution in [0.4, 0.5) is 5.69 Å². The Balaban J connectivity index is 2.20. The quantitative estimate of drug-likeness (QED) is 0.721. The largest absolute Gasteiger partial charge is 0.318 e. The molecule has 15 heavy (non-hydrogen) atoms. The lowest BCUT2D eigenvalue weighted by Crippen LogP contribution is -2.67. The van der Waals surface area contributed by atoms with Gasteiger partial charge in [0.25, 0.3) is 0 Å². The zero-order chi connectivity index (χ0) is 11.2. The summed E-state index contributed by atoms with van der Waals surface area (Å²) in [6.45, 7) is 6.03. The Morgan fingerprint density at radius 1 is 1.53 bits per heavy atom. The fourth-order valence-corrected chi connectivity index (χ4v) is 1.74. The number of β-lactam (4-membered cyclic amide) rings is 1. The molecule has 1 aliphatic rings. The van der Waals surface area contributed by atoms with E-state index in [-0.39, 0.29) is 18.0 Å². The van der Waals surface area contributed by atoms with Crippen molar-refractivity contribution in [3.8, 4) is 0 Å². The van der Waals surface area contributed by atoms with Gasteiger partial charge in [0.05, 0.1) is 17.9 Å². The van der Waals surface area contributed by atoms with E-state index in [1.54, 1.807) is 11.1 Å². The van der Waals surface area contributed by atoms with Gasteiger partial charge >= 0.3 is 0 Å². The zero-order valence-corrected chi connectivity index (χ0v) is 9.21. The number of nitrogens with two attached hydrogens (primary N) is 1. The number of rotatable bonds is 2.